The van der Waals surface area contributed by atoms with Crippen molar-refractivity contribution in [2.24, 2.45) is 0 Å². The van der Waals surface area contributed by atoms with Gasteiger partial charge >= 0.3 is 0 Å². The number of aromatic nitrogens is 3. The van der Waals surface area contributed by atoms with Gasteiger partial charge in [-0.2, -0.15) is 0 Å². The third-order valence-electron chi connectivity index (χ3n) is 2.57. The fourth-order valence-electron chi connectivity index (χ4n) is 1.55. The van der Waals surface area contributed by atoms with Crippen LogP contribution < -0.4 is 0 Å². The van der Waals surface area contributed by atoms with Gasteiger partial charge in [-0.15, -0.1) is 5.10 Å². The van der Waals surface area contributed by atoms with Gasteiger partial charge in [-0.1, -0.05) is 41.9 Å². The van der Waals surface area contributed by atoms with Crippen LogP contribution in [0.4, 0.5) is 0 Å². The topological polar surface area (TPSA) is 50.9 Å². The average molecular weight is 252 g/mol. The average Bonchev–Trinajstić information content (AvgIpc) is 2.80. The van der Waals surface area contributed by atoms with Gasteiger partial charge in [0.1, 0.15) is 5.69 Å². The highest BCUT2D eigenvalue weighted by molar-refractivity contribution is 6.31. The molecule has 90 valence electrons. The van der Waals surface area contributed by atoms with Crippen molar-refractivity contribution in [3.8, 4) is 0 Å². The van der Waals surface area contributed by atoms with Crippen LogP contribution in [0.5, 0.6) is 0 Å². The Morgan fingerprint density at radius 3 is 2.88 bits per heavy atom. The molecule has 5 heteroatoms. The van der Waals surface area contributed by atoms with Gasteiger partial charge in [0.15, 0.2) is 0 Å². The Hall–Kier alpha value is -1.39. The summed E-state index contributed by atoms with van der Waals surface area (Å²) in [6.45, 7) is 2.46. The fraction of sp³-hybridized carbons (Fsp3) is 0.333. The zero-order valence-electron chi connectivity index (χ0n) is 9.55. The van der Waals surface area contributed by atoms with Gasteiger partial charge < -0.3 is 5.11 Å². The molecule has 0 radical (unpaired) electrons. The molecule has 0 aliphatic carbocycles. The first-order valence-corrected chi connectivity index (χ1v) is 5.90. The molecule has 1 unspecified atom stereocenters. The highest BCUT2D eigenvalue weighted by atomic mass is 35.5. The number of aliphatic hydroxyl groups excluding tert-OH is 1. The van der Waals surface area contributed by atoms with Crippen LogP contribution in [0.25, 0.3) is 0 Å². The quantitative estimate of drug-likeness (QED) is 0.908. The lowest BCUT2D eigenvalue weighted by molar-refractivity contribution is 0.168. The normalized spacial score (nSPS) is 12.6. The monoisotopic (exact) mass is 251 g/mol. The fourth-order valence-corrected chi connectivity index (χ4v) is 1.75. The van der Waals surface area contributed by atoms with Crippen molar-refractivity contribution < 1.29 is 5.11 Å². The van der Waals surface area contributed by atoms with Crippen molar-refractivity contribution >= 4 is 11.6 Å². The van der Waals surface area contributed by atoms with E-state index in [0.717, 1.165) is 5.56 Å². The zero-order valence-corrected chi connectivity index (χ0v) is 10.3. The highest BCUT2D eigenvalue weighted by Crippen LogP contribution is 2.17. The van der Waals surface area contributed by atoms with Crippen LogP contribution in [0.15, 0.2) is 30.5 Å². The molecular weight excluding hydrogens is 238 g/mol. The number of rotatable bonds is 4. The lowest BCUT2D eigenvalue weighted by atomic mass is 10.2. The molecule has 1 heterocycles. The SMILES string of the molecule is CCC(O)c1cn(Cc2ccccc2Cl)nn1. The summed E-state index contributed by atoms with van der Waals surface area (Å²) in [5.41, 5.74) is 1.58. The first kappa shape index (κ1) is 12.1. The van der Waals surface area contributed by atoms with Crippen molar-refractivity contribution in [3.05, 3.63) is 46.7 Å². The summed E-state index contributed by atoms with van der Waals surface area (Å²) in [5.74, 6) is 0. The van der Waals surface area contributed by atoms with E-state index in [1.165, 1.54) is 0 Å². The maximum absolute atomic E-state index is 9.62. The summed E-state index contributed by atoms with van der Waals surface area (Å²) < 4.78 is 1.68. The van der Waals surface area contributed by atoms with Gasteiger partial charge in [-0.25, -0.2) is 4.68 Å². The van der Waals surface area contributed by atoms with Crippen molar-refractivity contribution in [2.75, 3.05) is 0 Å². The molecule has 0 saturated carbocycles. The molecule has 0 aliphatic rings. The van der Waals surface area contributed by atoms with Crippen LogP contribution in [-0.4, -0.2) is 20.1 Å². The van der Waals surface area contributed by atoms with Crippen LogP contribution >= 0.6 is 11.6 Å². The van der Waals surface area contributed by atoms with E-state index in [4.69, 9.17) is 11.6 Å². The summed E-state index contributed by atoms with van der Waals surface area (Å²) in [5, 5.41) is 18.2. The Bertz CT molecular complexity index is 498. The minimum atomic E-state index is -0.546. The molecule has 0 aliphatic heterocycles. The second-order valence-electron chi connectivity index (χ2n) is 3.86. The summed E-state index contributed by atoms with van der Waals surface area (Å²) in [7, 11) is 0. The zero-order chi connectivity index (χ0) is 12.3. The second-order valence-corrected chi connectivity index (χ2v) is 4.26. The molecule has 17 heavy (non-hydrogen) atoms. The molecule has 1 aromatic heterocycles. The van der Waals surface area contributed by atoms with Crippen LogP contribution in [0, 0.1) is 0 Å². The predicted molar refractivity (Wildman–Crippen MR) is 65.8 cm³/mol. The van der Waals surface area contributed by atoms with Crippen molar-refractivity contribution in [1.29, 1.82) is 0 Å². The Morgan fingerprint density at radius 1 is 1.41 bits per heavy atom. The van der Waals surface area contributed by atoms with E-state index >= 15 is 0 Å². The molecule has 4 nitrogen and oxygen atoms in total. The van der Waals surface area contributed by atoms with E-state index in [2.05, 4.69) is 10.3 Å². The maximum Gasteiger partial charge on any atom is 0.111 e. The third-order valence-corrected chi connectivity index (χ3v) is 2.94. The number of hydrogen-bond acceptors (Lipinski definition) is 3. The van der Waals surface area contributed by atoms with E-state index < -0.39 is 6.10 Å². The van der Waals surface area contributed by atoms with E-state index in [0.29, 0.717) is 23.7 Å². The summed E-state index contributed by atoms with van der Waals surface area (Å²) >= 11 is 6.06. The van der Waals surface area contributed by atoms with Gasteiger partial charge in [0.05, 0.1) is 18.8 Å². The van der Waals surface area contributed by atoms with Gasteiger partial charge in [0.25, 0.3) is 0 Å². The first-order chi connectivity index (χ1) is 8.20. The van der Waals surface area contributed by atoms with Crippen molar-refractivity contribution in [1.82, 2.24) is 15.0 Å². The molecule has 0 bridgehead atoms. The summed E-state index contributed by atoms with van der Waals surface area (Å²) in [6.07, 6.45) is 1.83. The molecule has 0 spiro atoms. The number of nitrogens with zero attached hydrogens (tertiary/aromatic N) is 3. The smallest absolute Gasteiger partial charge is 0.111 e. The lowest BCUT2D eigenvalue weighted by Crippen LogP contribution is -2.01. The largest absolute Gasteiger partial charge is 0.387 e. The van der Waals surface area contributed by atoms with Crippen LogP contribution in [0.1, 0.15) is 30.7 Å². The minimum absolute atomic E-state index is 0.546. The van der Waals surface area contributed by atoms with Gasteiger partial charge in [0, 0.05) is 5.02 Å². The third kappa shape index (κ3) is 2.84. The van der Waals surface area contributed by atoms with Gasteiger partial charge in [-0.05, 0) is 18.1 Å². The maximum atomic E-state index is 9.62. The summed E-state index contributed by atoms with van der Waals surface area (Å²) in [6, 6.07) is 7.61. The van der Waals surface area contributed by atoms with Crippen molar-refractivity contribution in [3.63, 3.8) is 0 Å². The molecule has 0 amide bonds. The highest BCUT2D eigenvalue weighted by Gasteiger charge is 2.10. The summed E-state index contributed by atoms with van der Waals surface area (Å²) in [4.78, 5) is 0. The molecule has 2 aromatic rings. The standard InChI is InChI=1S/C12H14ClN3O/c1-2-12(17)11-8-16(15-14-11)7-9-5-3-4-6-10(9)13/h3-6,8,12,17H,2,7H2,1H3. The van der Waals surface area contributed by atoms with E-state index in [1.54, 1.807) is 10.9 Å². The number of halogens is 1. The number of hydrogen-bond donors (Lipinski definition) is 1. The molecule has 1 aromatic carbocycles. The van der Waals surface area contributed by atoms with E-state index in [9.17, 15) is 5.11 Å². The van der Waals surface area contributed by atoms with Crippen LogP contribution in [0.3, 0.4) is 0 Å². The minimum Gasteiger partial charge on any atom is -0.387 e. The Kier molecular flexibility index (Phi) is 3.76. The van der Waals surface area contributed by atoms with Gasteiger partial charge in [-0.3, -0.25) is 0 Å². The number of aliphatic hydroxyl groups is 1. The Labute approximate surface area is 105 Å². The Balaban J connectivity index is 2.14. The number of benzene rings is 1. The molecule has 1 N–H and O–H groups in total. The van der Waals surface area contributed by atoms with Crippen molar-refractivity contribution in [2.45, 2.75) is 26.0 Å². The molecular formula is C12H14ClN3O. The Morgan fingerprint density at radius 2 is 2.18 bits per heavy atom. The molecule has 0 saturated heterocycles. The van der Waals surface area contributed by atoms with Crippen LogP contribution in [-0.2, 0) is 6.54 Å². The molecule has 0 fully saturated rings. The molecule has 1 atom stereocenters. The predicted octanol–water partition coefficient (Wildman–Crippen LogP) is 2.42. The lowest BCUT2D eigenvalue weighted by Gasteiger charge is -2.03. The first-order valence-electron chi connectivity index (χ1n) is 5.52. The molecule has 2 rings (SSSR count). The van der Waals surface area contributed by atoms with E-state index in [1.807, 2.05) is 31.2 Å². The van der Waals surface area contributed by atoms with Crippen LogP contribution in [0.2, 0.25) is 5.02 Å². The van der Waals surface area contributed by atoms with E-state index in [-0.39, 0.29) is 0 Å². The van der Waals surface area contributed by atoms with Gasteiger partial charge in [0.2, 0.25) is 0 Å². The second kappa shape index (κ2) is 5.29.